The molecule has 0 N–H and O–H groups in total. The fourth-order valence-corrected chi connectivity index (χ4v) is 3.44. The number of aromatic nitrogens is 2. The van der Waals surface area contributed by atoms with Crippen molar-refractivity contribution in [2.75, 3.05) is 0 Å². The summed E-state index contributed by atoms with van der Waals surface area (Å²) in [6.45, 7) is 6.43. The first-order valence-electron chi connectivity index (χ1n) is 7.04. The number of hydrogen-bond donors (Lipinski definition) is 0. The van der Waals surface area contributed by atoms with Crippen LogP contribution < -0.4 is 0 Å². The van der Waals surface area contributed by atoms with Gasteiger partial charge in [0.2, 0.25) is 0 Å². The summed E-state index contributed by atoms with van der Waals surface area (Å²) in [6, 6.07) is 10.8. The van der Waals surface area contributed by atoms with Gasteiger partial charge in [0.1, 0.15) is 0 Å². The van der Waals surface area contributed by atoms with Crippen molar-refractivity contribution in [2.45, 2.75) is 33.1 Å². The van der Waals surface area contributed by atoms with Gasteiger partial charge in [-0.2, -0.15) is 5.26 Å². The van der Waals surface area contributed by atoms with Crippen LogP contribution >= 0.6 is 11.3 Å². The highest BCUT2D eigenvalue weighted by Crippen LogP contribution is 2.29. The molecule has 0 saturated carbocycles. The molecule has 106 valence electrons. The summed E-state index contributed by atoms with van der Waals surface area (Å²) in [5.41, 5.74) is 5.46. The van der Waals surface area contributed by atoms with Crippen molar-refractivity contribution in [3.63, 3.8) is 0 Å². The molecule has 0 bridgehead atoms. The van der Waals surface area contributed by atoms with E-state index in [2.05, 4.69) is 60.9 Å². The van der Waals surface area contributed by atoms with Gasteiger partial charge >= 0.3 is 0 Å². The Morgan fingerprint density at radius 2 is 2.00 bits per heavy atom. The molecule has 0 saturated heterocycles. The number of thiazole rings is 1. The van der Waals surface area contributed by atoms with Crippen LogP contribution in [0.5, 0.6) is 0 Å². The number of hydrogen-bond acceptors (Lipinski definition) is 3. The average molecular weight is 295 g/mol. The molecule has 3 aromatic rings. The van der Waals surface area contributed by atoms with Crippen LogP contribution in [0, 0.1) is 18.3 Å². The third kappa shape index (κ3) is 2.34. The third-order valence-corrected chi connectivity index (χ3v) is 4.67. The van der Waals surface area contributed by atoms with Crippen LogP contribution in [0.1, 0.15) is 36.7 Å². The Morgan fingerprint density at radius 3 is 2.62 bits per heavy atom. The third-order valence-electron chi connectivity index (χ3n) is 3.73. The summed E-state index contributed by atoms with van der Waals surface area (Å²) in [5.74, 6) is 0.519. The van der Waals surface area contributed by atoms with Crippen LogP contribution in [0.3, 0.4) is 0 Å². The summed E-state index contributed by atoms with van der Waals surface area (Å²) in [5, 5.41) is 11.2. The Hall–Kier alpha value is -2.12. The van der Waals surface area contributed by atoms with Crippen molar-refractivity contribution in [3.05, 3.63) is 46.6 Å². The second kappa shape index (κ2) is 5.34. The smallest absolute Gasteiger partial charge is 0.194 e. The molecule has 3 nitrogen and oxygen atoms in total. The lowest BCUT2D eigenvalue weighted by atomic mass is 10.00. The Morgan fingerprint density at radius 1 is 1.29 bits per heavy atom. The Kier molecular flexibility index (Phi) is 3.52. The van der Waals surface area contributed by atoms with Crippen molar-refractivity contribution in [2.24, 2.45) is 0 Å². The first-order valence-corrected chi connectivity index (χ1v) is 7.92. The maximum absolute atomic E-state index is 9.13. The molecular formula is C17H17N3S. The Bertz CT molecular complexity index is 816. The lowest BCUT2D eigenvalue weighted by Crippen LogP contribution is -1.94. The zero-order chi connectivity index (χ0) is 15.0. The number of benzene rings is 1. The highest BCUT2D eigenvalue weighted by Gasteiger charge is 2.16. The standard InChI is InChI=1S/C17H17N3S/c1-11(2)13-4-6-14(7-5-13)16-15(8-9-18)20-12(3)10-21-17(20)19-16/h4-7,10-11H,8H2,1-3H3. The summed E-state index contributed by atoms with van der Waals surface area (Å²) < 4.78 is 2.10. The van der Waals surface area contributed by atoms with Crippen LogP contribution in [0.4, 0.5) is 0 Å². The lowest BCUT2D eigenvalue weighted by Gasteiger charge is -2.07. The average Bonchev–Trinajstić information content (AvgIpc) is 3.01. The molecule has 0 aliphatic heterocycles. The maximum Gasteiger partial charge on any atom is 0.194 e. The van der Waals surface area contributed by atoms with Gasteiger partial charge in [-0.3, -0.25) is 4.40 Å². The van der Waals surface area contributed by atoms with Gasteiger partial charge < -0.3 is 0 Å². The zero-order valence-electron chi connectivity index (χ0n) is 12.4. The molecule has 4 heteroatoms. The number of nitriles is 1. The highest BCUT2D eigenvalue weighted by atomic mass is 32.1. The van der Waals surface area contributed by atoms with E-state index in [4.69, 9.17) is 10.2 Å². The quantitative estimate of drug-likeness (QED) is 0.710. The topological polar surface area (TPSA) is 41.1 Å². The molecule has 2 heterocycles. The number of aryl methyl sites for hydroxylation is 1. The molecule has 0 aliphatic rings. The molecule has 0 aliphatic carbocycles. The summed E-state index contributed by atoms with van der Waals surface area (Å²) in [4.78, 5) is 5.69. The van der Waals surface area contributed by atoms with Gasteiger partial charge in [0, 0.05) is 16.6 Å². The molecular weight excluding hydrogens is 278 g/mol. The molecule has 0 spiro atoms. The van der Waals surface area contributed by atoms with E-state index in [0.29, 0.717) is 12.3 Å². The van der Waals surface area contributed by atoms with E-state index in [0.717, 1.165) is 27.6 Å². The second-order valence-corrected chi connectivity index (χ2v) is 6.35. The minimum Gasteiger partial charge on any atom is -0.290 e. The molecule has 0 amide bonds. The van der Waals surface area contributed by atoms with Crippen LogP contribution in [-0.4, -0.2) is 9.38 Å². The largest absolute Gasteiger partial charge is 0.290 e. The Labute approximate surface area is 128 Å². The fraction of sp³-hybridized carbons (Fsp3) is 0.294. The lowest BCUT2D eigenvalue weighted by molar-refractivity contribution is 0.867. The number of rotatable bonds is 3. The van der Waals surface area contributed by atoms with Crippen molar-refractivity contribution < 1.29 is 0 Å². The van der Waals surface area contributed by atoms with E-state index in [1.54, 1.807) is 11.3 Å². The van der Waals surface area contributed by atoms with Gasteiger partial charge in [-0.25, -0.2) is 4.98 Å². The predicted molar refractivity (Wildman–Crippen MR) is 86.6 cm³/mol. The molecule has 0 fully saturated rings. The van der Waals surface area contributed by atoms with Crippen LogP contribution in [0.2, 0.25) is 0 Å². The van der Waals surface area contributed by atoms with Crippen LogP contribution in [0.25, 0.3) is 16.2 Å². The van der Waals surface area contributed by atoms with E-state index < -0.39 is 0 Å². The SMILES string of the molecule is Cc1csc2nc(-c3ccc(C(C)C)cc3)c(CC#N)n12. The first kappa shape index (κ1) is 13.8. The second-order valence-electron chi connectivity index (χ2n) is 5.51. The minimum absolute atomic E-state index is 0.375. The van der Waals surface area contributed by atoms with Crippen molar-refractivity contribution in [1.29, 1.82) is 5.26 Å². The van der Waals surface area contributed by atoms with Crippen molar-refractivity contribution in [3.8, 4) is 17.3 Å². The fourth-order valence-electron chi connectivity index (χ4n) is 2.56. The monoisotopic (exact) mass is 295 g/mol. The zero-order valence-corrected chi connectivity index (χ0v) is 13.2. The number of imidazole rings is 1. The van der Waals surface area contributed by atoms with E-state index in [9.17, 15) is 0 Å². The van der Waals surface area contributed by atoms with Crippen LogP contribution in [-0.2, 0) is 6.42 Å². The first-order chi connectivity index (χ1) is 10.1. The van der Waals surface area contributed by atoms with Gasteiger partial charge in [0.05, 0.1) is 23.9 Å². The molecule has 3 rings (SSSR count). The Balaban J connectivity index is 2.15. The number of nitrogens with zero attached hydrogens (tertiary/aromatic N) is 3. The summed E-state index contributed by atoms with van der Waals surface area (Å²) in [7, 11) is 0. The maximum atomic E-state index is 9.13. The van der Waals surface area contributed by atoms with E-state index >= 15 is 0 Å². The van der Waals surface area contributed by atoms with E-state index in [1.165, 1.54) is 5.56 Å². The van der Waals surface area contributed by atoms with Gasteiger partial charge in [-0.15, -0.1) is 11.3 Å². The molecule has 0 unspecified atom stereocenters. The van der Waals surface area contributed by atoms with Gasteiger partial charge in [-0.1, -0.05) is 38.1 Å². The van der Waals surface area contributed by atoms with E-state index in [1.807, 2.05) is 0 Å². The summed E-state index contributed by atoms with van der Waals surface area (Å²) in [6.07, 6.45) is 0.375. The van der Waals surface area contributed by atoms with Crippen molar-refractivity contribution in [1.82, 2.24) is 9.38 Å². The predicted octanol–water partition coefficient (Wildman–Crippen LogP) is 4.56. The summed E-state index contributed by atoms with van der Waals surface area (Å²) >= 11 is 1.62. The molecule has 21 heavy (non-hydrogen) atoms. The molecule has 1 aromatic carbocycles. The van der Waals surface area contributed by atoms with Gasteiger partial charge in [0.15, 0.2) is 4.96 Å². The van der Waals surface area contributed by atoms with Crippen LogP contribution in [0.15, 0.2) is 29.6 Å². The van der Waals surface area contributed by atoms with E-state index in [-0.39, 0.29) is 0 Å². The molecule has 0 atom stereocenters. The molecule has 2 aromatic heterocycles. The van der Waals surface area contributed by atoms with Gasteiger partial charge in [0.25, 0.3) is 0 Å². The van der Waals surface area contributed by atoms with Crippen molar-refractivity contribution >= 4 is 16.3 Å². The minimum atomic E-state index is 0.375. The normalized spacial score (nSPS) is 11.2. The number of fused-ring (bicyclic) bond motifs is 1. The molecule has 0 radical (unpaired) electrons. The van der Waals surface area contributed by atoms with Gasteiger partial charge in [-0.05, 0) is 18.4 Å². The highest BCUT2D eigenvalue weighted by molar-refractivity contribution is 7.15.